The first-order valence-electron chi connectivity index (χ1n) is 15.6. The molecule has 0 spiro atoms. The van der Waals surface area contributed by atoms with Gasteiger partial charge in [-0.25, -0.2) is 9.99 Å². The van der Waals surface area contributed by atoms with Crippen LogP contribution in [0.25, 0.3) is 34.1 Å². The Kier molecular flexibility index (Phi) is 8.57. The Morgan fingerprint density at radius 1 is 0.900 bits per heavy atom. The van der Waals surface area contributed by atoms with Crippen LogP contribution >= 0.6 is 11.8 Å². The van der Waals surface area contributed by atoms with Crippen LogP contribution in [0.5, 0.6) is 17.2 Å². The second-order valence-electron chi connectivity index (χ2n) is 11.6. The number of rotatable bonds is 7. The Hall–Kier alpha value is -6.33. The van der Waals surface area contributed by atoms with Crippen molar-refractivity contribution in [2.45, 2.75) is 12.3 Å². The zero-order chi connectivity index (χ0) is 34.9. The number of ether oxygens (including phenoxy) is 1. The summed E-state index contributed by atoms with van der Waals surface area (Å²) in [5.41, 5.74) is 6.74. The highest BCUT2D eigenvalue weighted by Gasteiger charge is 2.39. The number of carbonyl (C=O) groups is 2. The second kappa shape index (κ2) is 13.3. The zero-order valence-corrected chi connectivity index (χ0v) is 27.7. The molecule has 1 saturated heterocycles. The van der Waals surface area contributed by atoms with E-state index in [0.717, 1.165) is 11.1 Å². The van der Waals surface area contributed by atoms with Crippen molar-refractivity contribution < 1.29 is 24.5 Å². The molecule has 50 heavy (non-hydrogen) atoms. The summed E-state index contributed by atoms with van der Waals surface area (Å²) in [6, 6.07) is 32.5. The Bertz CT molecular complexity index is 2350. The van der Waals surface area contributed by atoms with Gasteiger partial charge in [0.25, 0.3) is 17.4 Å². The van der Waals surface area contributed by atoms with Crippen molar-refractivity contribution in [2.75, 3.05) is 7.11 Å². The normalized spacial score (nSPS) is 15.1. The van der Waals surface area contributed by atoms with Crippen molar-refractivity contribution in [3.8, 4) is 34.3 Å². The molecular weight excluding hydrogens is 653 g/mol. The number of nitrogens with zero attached hydrogens (tertiary/aromatic N) is 3. The zero-order valence-electron chi connectivity index (χ0n) is 26.9. The van der Waals surface area contributed by atoms with Gasteiger partial charge in [-0.05, 0) is 79.2 Å². The van der Waals surface area contributed by atoms with Crippen LogP contribution in [0.4, 0.5) is 0 Å². The van der Waals surface area contributed by atoms with Gasteiger partial charge in [0, 0.05) is 22.8 Å². The van der Waals surface area contributed by atoms with Crippen LogP contribution in [-0.2, 0) is 4.79 Å². The molecule has 5 aromatic carbocycles. The molecule has 3 N–H and O–H groups in total. The SMILES string of the molecule is COc1ccc(/C=C2\SC(c3ccc(O)cc3)N(NC(=O)c3ccc(-n4c(-c5ccc(C)cc5)nc5ccccc5c4=O)cc3)C2=O)c(O)c1. The second-order valence-corrected chi connectivity index (χ2v) is 12.7. The molecule has 1 aliphatic rings. The molecule has 0 aliphatic carbocycles. The van der Waals surface area contributed by atoms with Crippen LogP contribution in [-0.4, -0.2) is 43.7 Å². The molecule has 0 saturated carbocycles. The summed E-state index contributed by atoms with van der Waals surface area (Å²) in [7, 11) is 1.49. The Morgan fingerprint density at radius 3 is 2.32 bits per heavy atom. The number of para-hydroxylation sites is 1. The lowest BCUT2D eigenvalue weighted by Gasteiger charge is -2.24. The number of thioether (sulfide) groups is 1. The van der Waals surface area contributed by atoms with Crippen LogP contribution in [0, 0.1) is 6.92 Å². The number of hydrogen-bond donors (Lipinski definition) is 3. The number of aryl methyl sites for hydroxylation is 1. The summed E-state index contributed by atoms with van der Waals surface area (Å²) in [4.78, 5) is 46.4. The smallest absolute Gasteiger partial charge is 0.280 e. The third-order valence-electron chi connectivity index (χ3n) is 8.30. The molecule has 1 aliphatic heterocycles. The fourth-order valence-corrected chi connectivity index (χ4v) is 6.81. The Morgan fingerprint density at radius 2 is 1.62 bits per heavy atom. The summed E-state index contributed by atoms with van der Waals surface area (Å²) in [5, 5.41) is 21.4. The summed E-state index contributed by atoms with van der Waals surface area (Å²) in [6.07, 6.45) is 1.55. The molecule has 2 heterocycles. The van der Waals surface area contributed by atoms with E-state index in [1.807, 2.05) is 37.3 Å². The average molecular weight is 683 g/mol. The largest absolute Gasteiger partial charge is 0.508 e. The van der Waals surface area contributed by atoms with Gasteiger partial charge in [-0.2, -0.15) is 0 Å². The minimum atomic E-state index is -0.669. The number of hydrazine groups is 1. The van der Waals surface area contributed by atoms with Gasteiger partial charge in [0.05, 0.1) is 28.6 Å². The molecule has 10 nitrogen and oxygen atoms in total. The van der Waals surface area contributed by atoms with Gasteiger partial charge in [0.15, 0.2) is 0 Å². The van der Waals surface area contributed by atoms with Gasteiger partial charge in [-0.1, -0.05) is 65.9 Å². The highest BCUT2D eigenvalue weighted by molar-refractivity contribution is 8.04. The standard InChI is InChI=1S/C39H30N4O6S/c1-23-7-9-24(10-8-23)35-40-32-6-4-3-5-31(32)37(47)42(35)28-16-11-25(12-17-28)36(46)41-43-38(48)34(21-27-15-20-30(49-2)22-33(27)45)50-39(43)26-13-18-29(44)19-14-26/h3-22,39,44-45H,1-2H3,(H,41,46)/b34-21-. The molecule has 7 rings (SSSR count). The van der Waals surface area contributed by atoms with E-state index in [2.05, 4.69) is 5.43 Å². The fraction of sp³-hybridized carbons (Fsp3) is 0.0769. The van der Waals surface area contributed by atoms with Crippen molar-refractivity contribution >= 4 is 40.6 Å². The highest BCUT2D eigenvalue weighted by Crippen LogP contribution is 2.46. The molecule has 1 aromatic heterocycles. The molecule has 2 amide bonds. The van der Waals surface area contributed by atoms with Crippen molar-refractivity contribution in [3.05, 3.63) is 153 Å². The number of phenolic OH excluding ortho intramolecular Hbond substituents is 2. The molecular formula is C39H30N4O6S. The molecule has 1 atom stereocenters. The van der Waals surface area contributed by atoms with E-state index in [9.17, 15) is 24.6 Å². The quantitative estimate of drug-likeness (QED) is 0.158. The van der Waals surface area contributed by atoms with E-state index in [0.29, 0.717) is 39.3 Å². The average Bonchev–Trinajstić information content (AvgIpc) is 3.43. The number of aromatic hydroxyl groups is 2. The maximum atomic E-state index is 13.8. The molecule has 0 radical (unpaired) electrons. The monoisotopic (exact) mass is 682 g/mol. The molecule has 0 bridgehead atoms. The van der Waals surface area contributed by atoms with Gasteiger partial charge in [-0.3, -0.25) is 24.4 Å². The summed E-state index contributed by atoms with van der Waals surface area (Å²) >= 11 is 1.19. The third-order valence-corrected chi connectivity index (χ3v) is 9.55. The maximum Gasteiger partial charge on any atom is 0.280 e. The predicted molar refractivity (Wildman–Crippen MR) is 193 cm³/mol. The van der Waals surface area contributed by atoms with Crippen LogP contribution < -0.4 is 15.7 Å². The highest BCUT2D eigenvalue weighted by atomic mass is 32.2. The van der Waals surface area contributed by atoms with Gasteiger partial charge in [0.1, 0.15) is 28.4 Å². The lowest BCUT2D eigenvalue weighted by atomic mass is 10.1. The lowest BCUT2D eigenvalue weighted by Crippen LogP contribution is -2.44. The van der Waals surface area contributed by atoms with Gasteiger partial charge < -0.3 is 14.9 Å². The van der Waals surface area contributed by atoms with Crippen molar-refractivity contribution in [3.63, 3.8) is 0 Å². The summed E-state index contributed by atoms with van der Waals surface area (Å²) < 4.78 is 6.69. The van der Waals surface area contributed by atoms with Crippen molar-refractivity contribution in [1.82, 2.24) is 20.0 Å². The molecule has 1 fully saturated rings. The first-order valence-corrected chi connectivity index (χ1v) is 16.5. The summed E-state index contributed by atoms with van der Waals surface area (Å²) in [6.45, 7) is 1.98. The van der Waals surface area contributed by atoms with E-state index in [1.54, 1.807) is 72.8 Å². The number of phenols is 2. The first kappa shape index (κ1) is 32.2. The van der Waals surface area contributed by atoms with E-state index >= 15 is 0 Å². The summed E-state index contributed by atoms with van der Waals surface area (Å²) in [5.74, 6) is -0.117. The number of nitrogens with one attached hydrogen (secondary N) is 1. The lowest BCUT2D eigenvalue weighted by molar-refractivity contribution is -0.128. The minimum Gasteiger partial charge on any atom is -0.508 e. The topological polar surface area (TPSA) is 134 Å². The first-order chi connectivity index (χ1) is 24.2. The van der Waals surface area contributed by atoms with Crippen molar-refractivity contribution in [2.24, 2.45) is 0 Å². The predicted octanol–water partition coefficient (Wildman–Crippen LogP) is 6.74. The minimum absolute atomic E-state index is 0.0592. The van der Waals surface area contributed by atoms with Crippen LogP contribution in [0.1, 0.15) is 32.4 Å². The van der Waals surface area contributed by atoms with E-state index in [1.165, 1.54) is 46.6 Å². The molecule has 1 unspecified atom stereocenters. The number of amides is 2. The molecule has 248 valence electrons. The Labute approximate surface area is 290 Å². The number of benzene rings is 5. The molecule has 11 heteroatoms. The van der Waals surface area contributed by atoms with E-state index in [4.69, 9.17) is 9.72 Å². The van der Waals surface area contributed by atoms with E-state index < -0.39 is 17.2 Å². The van der Waals surface area contributed by atoms with Gasteiger partial charge in [-0.15, -0.1) is 0 Å². The van der Waals surface area contributed by atoms with Gasteiger partial charge >= 0.3 is 0 Å². The number of carbonyl (C=O) groups excluding carboxylic acids is 2. The molecule has 6 aromatic rings. The van der Waals surface area contributed by atoms with Crippen LogP contribution in [0.3, 0.4) is 0 Å². The van der Waals surface area contributed by atoms with Crippen molar-refractivity contribution in [1.29, 1.82) is 0 Å². The van der Waals surface area contributed by atoms with E-state index in [-0.39, 0.29) is 27.5 Å². The number of hydrogen-bond acceptors (Lipinski definition) is 8. The Balaban J connectivity index is 1.21. The third kappa shape index (κ3) is 6.17. The van der Waals surface area contributed by atoms with Crippen LogP contribution in [0.15, 0.2) is 125 Å². The fourth-order valence-electron chi connectivity index (χ4n) is 5.63. The number of methoxy groups -OCH3 is 1. The van der Waals surface area contributed by atoms with Crippen LogP contribution in [0.2, 0.25) is 0 Å². The van der Waals surface area contributed by atoms with Gasteiger partial charge in [0.2, 0.25) is 0 Å². The number of aromatic nitrogens is 2. The number of fused-ring (bicyclic) bond motifs is 1. The maximum absolute atomic E-state index is 13.8.